The molecule has 0 aromatic carbocycles. The summed E-state index contributed by atoms with van der Waals surface area (Å²) in [5, 5.41) is 28.1. The van der Waals surface area contributed by atoms with Gasteiger partial charge in [-0.3, -0.25) is 14.9 Å². The van der Waals surface area contributed by atoms with E-state index in [1.165, 1.54) is 6.92 Å². The Kier molecular flexibility index (Phi) is 9.02. The summed E-state index contributed by atoms with van der Waals surface area (Å²) in [4.78, 5) is 30.0. The summed E-state index contributed by atoms with van der Waals surface area (Å²) >= 11 is 1.10. The van der Waals surface area contributed by atoms with E-state index in [-0.39, 0.29) is 5.75 Å². The Morgan fingerprint density at radius 1 is 1.32 bits per heavy atom. The molecule has 22 heavy (non-hydrogen) atoms. The second kappa shape index (κ2) is 9.62. The first-order chi connectivity index (χ1) is 10.1. The average Bonchev–Trinajstić information content (AvgIpc) is 2.84. The van der Waals surface area contributed by atoms with Gasteiger partial charge in [0.25, 0.3) is 0 Å². The topological polar surface area (TPSA) is 176 Å². The van der Waals surface area contributed by atoms with E-state index in [0.29, 0.717) is 13.0 Å². The summed E-state index contributed by atoms with van der Waals surface area (Å²) in [5.41, 5.74) is 10.4. The van der Waals surface area contributed by atoms with Crippen LogP contribution in [0.4, 0.5) is 0 Å². The van der Waals surface area contributed by atoms with Crippen LogP contribution in [0.3, 0.4) is 0 Å². The van der Waals surface area contributed by atoms with Crippen molar-refractivity contribution in [1.29, 1.82) is 0 Å². The van der Waals surface area contributed by atoms with Crippen LogP contribution in [-0.4, -0.2) is 62.5 Å². The Balaban J connectivity index is 0.000000409. The number of nitrogens with one attached hydrogen (secondary N) is 1. The van der Waals surface area contributed by atoms with Crippen molar-refractivity contribution in [2.45, 2.75) is 43.1 Å². The molecule has 1 heterocycles. The first-order valence-electron chi connectivity index (χ1n) is 6.70. The molecule has 0 spiro atoms. The van der Waals surface area contributed by atoms with Crippen molar-refractivity contribution in [3.05, 3.63) is 0 Å². The molecule has 1 aliphatic rings. The molecular weight excluding hydrogens is 314 g/mol. The van der Waals surface area contributed by atoms with E-state index in [1.807, 2.05) is 0 Å². The third-order valence-electron chi connectivity index (χ3n) is 2.98. The van der Waals surface area contributed by atoms with Crippen molar-refractivity contribution in [1.82, 2.24) is 5.32 Å². The van der Waals surface area contributed by atoms with Crippen LogP contribution in [0, 0.1) is 0 Å². The zero-order valence-electron chi connectivity index (χ0n) is 12.3. The van der Waals surface area contributed by atoms with E-state index in [1.54, 1.807) is 0 Å². The molecule has 1 rings (SSSR count). The van der Waals surface area contributed by atoms with Gasteiger partial charge in [-0.05, 0) is 26.3 Å². The summed E-state index contributed by atoms with van der Waals surface area (Å²) < 4.78 is 0. The molecule has 0 aromatic heterocycles. The third kappa shape index (κ3) is 7.07. The summed E-state index contributed by atoms with van der Waals surface area (Å²) in [6, 6.07) is -1.47. The van der Waals surface area contributed by atoms with Gasteiger partial charge in [-0.25, -0.2) is 4.79 Å². The van der Waals surface area contributed by atoms with Crippen molar-refractivity contribution in [2.75, 3.05) is 12.3 Å². The maximum absolute atomic E-state index is 10.6. The normalized spacial score (nSPS) is 25.0. The number of hydrogen-bond donors (Lipinski definition) is 6. The average molecular weight is 337 g/mol. The van der Waals surface area contributed by atoms with Gasteiger partial charge in [0.15, 0.2) is 4.87 Å². The number of nitrogens with two attached hydrogens (primary N) is 2. The number of rotatable bonds is 7. The van der Waals surface area contributed by atoms with Gasteiger partial charge < -0.3 is 26.8 Å². The van der Waals surface area contributed by atoms with Crippen molar-refractivity contribution >= 4 is 29.7 Å². The molecule has 8 N–H and O–H groups in total. The van der Waals surface area contributed by atoms with Gasteiger partial charge in [0, 0.05) is 5.75 Å². The van der Waals surface area contributed by atoms with Crippen molar-refractivity contribution in [2.24, 2.45) is 11.5 Å². The van der Waals surface area contributed by atoms with Gasteiger partial charge in [-0.15, -0.1) is 11.8 Å². The zero-order chi connectivity index (χ0) is 17.3. The summed E-state index contributed by atoms with van der Waals surface area (Å²) in [7, 11) is 0. The Hall–Kier alpha value is -1.36. The fraction of sp³-hybridized carbons (Fsp3) is 0.750. The van der Waals surface area contributed by atoms with Crippen LogP contribution >= 0.6 is 11.8 Å². The molecule has 1 saturated heterocycles. The fourth-order valence-corrected chi connectivity index (χ4v) is 2.63. The van der Waals surface area contributed by atoms with E-state index in [4.69, 9.17) is 26.8 Å². The Morgan fingerprint density at radius 2 is 1.91 bits per heavy atom. The highest BCUT2D eigenvalue weighted by atomic mass is 32.2. The Morgan fingerprint density at radius 3 is 2.23 bits per heavy atom. The smallest absolute Gasteiger partial charge is 0.334 e. The molecule has 1 unspecified atom stereocenters. The minimum Gasteiger partial charge on any atom is -0.480 e. The molecule has 10 heteroatoms. The van der Waals surface area contributed by atoms with Crippen LogP contribution in [0.1, 0.15) is 26.2 Å². The third-order valence-corrected chi connectivity index (χ3v) is 4.35. The molecule has 3 atom stereocenters. The molecular formula is C12H23N3O6S. The standard InChI is InChI=1S/C6H14N2O2.C6H9NO4S/c7-4-2-1-3-5(8)6(9)10;1-6(5(10)11)7-3(2-12-6)4(8)9/h5H,1-4,7-8H2,(H,9,10);3,7H,2H2,1H3,(H,8,9)(H,10,11)/t5-;3-,6?/m00/s1. The largest absolute Gasteiger partial charge is 0.480 e. The molecule has 0 saturated carbocycles. The number of hydrogen-bond acceptors (Lipinski definition) is 7. The van der Waals surface area contributed by atoms with Gasteiger partial charge in [-0.1, -0.05) is 6.42 Å². The lowest BCUT2D eigenvalue weighted by atomic mass is 10.1. The van der Waals surface area contributed by atoms with Crippen LogP contribution in [0.2, 0.25) is 0 Å². The molecule has 1 fully saturated rings. The molecule has 9 nitrogen and oxygen atoms in total. The van der Waals surface area contributed by atoms with Crippen molar-refractivity contribution < 1.29 is 29.7 Å². The maximum Gasteiger partial charge on any atom is 0.334 e. The Bertz CT molecular complexity index is 408. The molecule has 0 radical (unpaired) electrons. The SMILES string of the molecule is CC1(C(=O)O)N[C@H](C(=O)O)CS1.NCCCC[C@H](N)C(=O)O. The molecule has 1 aliphatic heterocycles. The molecule has 0 aromatic rings. The highest BCUT2D eigenvalue weighted by molar-refractivity contribution is 8.01. The van der Waals surface area contributed by atoms with Gasteiger partial charge in [0.05, 0.1) is 0 Å². The van der Waals surface area contributed by atoms with Gasteiger partial charge >= 0.3 is 17.9 Å². The predicted molar refractivity (Wildman–Crippen MR) is 81.6 cm³/mol. The number of aliphatic carboxylic acids is 3. The van der Waals surface area contributed by atoms with E-state index in [9.17, 15) is 14.4 Å². The predicted octanol–water partition coefficient (Wildman–Crippen LogP) is -0.896. The number of carbonyl (C=O) groups is 3. The zero-order valence-corrected chi connectivity index (χ0v) is 13.1. The number of unbranched alkanes of at least 4 members (excludes halogenated alkanes) is 1. The lowest BCUT2D eigenvalue weighted by molar-refractivity contribution is -0.142. The van der Waals surface area contributed by atoms with E-state index in [0.717, 1.165) is 24.6 Å². The molecule has 128 valence electrons. The van der Waals surface area contributed by atoms with Gasteiger partial charge in [0.1, 0.15) is 12.1 Å². The number of thioether (sulfide) groups is 1. The molecule has 0 amide bonds. The highest BCUT2D eigenvalue weighted by Gasteiger charge is 2.44. The monoisotopic (exact) mass is 337 g/mol. The van der Waals surface area contributed by atoms with E-state index < -0.39 is 34.9 Å². The van der Waals surface area contributed by atoms with Gasteiger partial charge in [-0.2, -0.15) is 0 Å². The highest BCUT2D eigenvalue weighted by Crippen LogP contribution is 2.30. The summed E-state index contributed by atoms with van der Waals surface area (Å²) in [6.07, 6.45) is 2.16. The van der Waals surface area contributed by atoms with Crippen molar-refractivity contribution in [3.8, 4) is 0 Å². The lowest BCUT2D eigenvalue weighted by Crippen LogP contribution is -2.48. The van der Waals surface area contributed by atoms with Crippen LogP contribution in [0.5, 0.6) is 0 Å². The van der Waals surface area contributed by atoms with Crippen LogP contribution in [-0.2, 0) is 14.4 Å². The van der Waals surface area contributed by atoms with Crippen molar-refractivity contribution in [3.63, 3.8) is 0 Å². The van der Waals surface area contributed by atoms with Gasteiger partial charge in [0.2, 0.25) is 0 Å². The first kappa shape index (κ1) is 20.6. The van der Waals surface area contributed by atoms with Crippen LogP contribution in [0.25, 0.3) is 0 Å². The second-order valence-electron chi connectivity index (χ2n) is 4.91. The number of carboxylic acid groups (broad SMARTS) is 3. The van der Waals surface area contributed by atoms with Crippen LogP contribution < -0.4 is 16.8 Å². The number of carboxylic acids is 3. The van der Waals surface area contributed by atoms with E-state index in [2.05, 4.69) is 5.32 Å². The maximum atomic E-state index is 10.6. The quantitative estimate of drug-likeness (QED) is 0.319. The Labute approximate surface area is 132 Å². The summed E-state index contributed by atoms with van der Waals surface area (Å²) in [6.45, 7) is 2.06. The fourth-order valence-electron chi connectivity index (χ4n) is 1.55. The van der Waals surface area contributed by atoms with E-state index >= 15 is 0 Å². The first-order valence-corrected chi connectivity index (χ1v) is 7.69. The van der Waals surface area contributed by atoms with Crippen LogP contribution in [0.15, 0.2) is 0 Å². The second-order valence-corrected chi connectivity index (χ2v) is 6.35. The molecule has 0 bridgehead atoms. The molecule has 0 aliphatic carbocycles. The summed E-state index contributed by atoms with van der Waals surface area (Å²) in [5.74, 6) is -2.68. The minimum atomic E-state index is -1.15. The minimum absolute atomic E-state index is 0.290. The lowest BCUT2D eigenvalue weighted by Gasteiger charge is -2.17.